The predicted molar refractivity (Wildman–Crippen MR) is 138 cm³/mol. The van der Waals surface area contributed by atoms with Gasteiger partial charge >= 0.3 is 5.97 Å². The van der Waals surface area contributed by atoms with Crippen molar-refractivity contribution >= 4 is 17.3 Å². The van der Waals surface area contributed by atoms with Gasteiger partial charge in [0, 0.05) is 49.0 Å². The van der Waals surface area contributed by atoms with Crippen LogP contribution in [0.25, 0.3) is 0 Å². The number of hydrogen-bond acceptors (Lipinski definition) is 4. The van der Waals surface area contributed by atoms with Gasteiger partial charge < -0.3 is 14.5 Å². The Balaban J connectivity index is 1.28. The summed E-state index contributed by atoms with van der Waals surface area (Å²) in [7, 11) is 0. The molecule has 1 saturated carbocycles. The molecule has 5 aliphatic rings. The lowest BCUT2D eigenvalue weighted by atomic mass is 9.81. The molecule has 0 radical (unpaired) electrons. The third-order valence-electron chi connectivity index (χ3n) is 9.53. The quantitative estimate of drug-likeness (QED) is 0.469. The Labute approximate surface area is 206 Å². The summed E-state index contributed by atoms with van der Waals surface area (Å²) < 4.78 is 6.35. The summed E-state index contributed by atoms with van der Waals surface area (Å²) in [5.41, 5.74) is 8.74. The van der Waals surface area contributed by atoms with Crippen LogP contribution in [0.3, 0.4) is 0 Å². The molecular weight excluding hydrogens is 432 g/mol. The maximum Gasteiger partial charge on any atom is 0.339 e. The Morgan fingerprint density at radius 2 is 1.26 bits per heavy atom. The van der Waals surface area contributed by atoms with E-state index >= 15 is 0 Å². The lowest BCUT2D eigenvalue weighted by molar-refractivity contribution is 0.0212. The number of aryl methyl sites for hydroxylation is 1. The number of ether oxygens (including phenoxy) is 1. The lowest BCUT2D eigenvalue weighted by Gasteiger charge is -2.26. The third kappa shape index (κ3) is 2.27. The van der Waals surface area contributed by atoms with Crippen molar-refractivity contribution in [2.24, 2.45) is 0 Å². The number of anilines is 2. The molecule has 3 heterocycles. The van der Waals surface area contributed by atoms with Crippen molar-refractivity contribution in [2.45, 2.75) is 49.5 Å². The molecule has 1 spiro atoms. The smallest absolute Gasteiger partial charge is 0.339 e. The molecule has 8 rings (SSSR count). The maximum atomic E-state index is 13.0. The number of carbonyl (C=O) groups excluding carboxylic acids is 1. The minimum Gasteiger partial charge on any atom is -0.448 e. The number of nitrogens with zero attached hydrogens (tertiary/aromatic N) is 2. The van der Waals surface area contributed by atoms with E-state index in [9.17, 15) is 4.79 Å². The first-order chi connectivity index (χ1) is 17.2. The van der Waals surface area contributed by atoms with Crippen molar-refractivity contribution in [3.63, 3.8) is 0 Å². The molecule has 0 aromatic heterocycles. The highest BCUT2D eigenvalue weighted by Crippen LogP contribution is 2.87. The van der Waals surface area contributed by atoms with Gasteiger partial charge in [-0.05, 0) is 85.2 Å². The zero-order valence-electron chi connectivity index (χ0n) is 20.2. The predicted octanol–water partition coefficient (Wildman–Crippen LogP) is 5.66. The molecule has 3 aromatic carbocycles. The summed E-state index contributed by atoms with van der Waals surface area (Å²) in [5.74, 6) is 0.0275. The molecular formula is C31H30N2O2. The second-order valence-electron chi connectivity index (χ2n) is 11.1. The molecule has 0 bridgehead atoms. The van der Waals surface area contributed by atoms with Gasteiger partial charge in [0.05, 0.1) is 11.0 Å². The molecule has 4 nitrogen and oxygen atoms in total. The Kier molecular flexibility index (Phi) is 3.82. The lowest BCUT2D eigenvalue weighted by Crippen LogP contribution is -2.26. The summed E-state index contributed by atoms with van der Waals surface area (Å²) in [6.45, 7) is 6.74. The molecule has 35 heavy (non-hydrogen) atoms. The van der Waals surface area contributed by atoms with Gasteiger partial charge in [0.2, 0.25) is 0 Å². The molecule has 4 heteroatoms. The van der Waals surface area contributed by atoms with Crippen molar-refractivity contribution in [1.82, 2.24) is 0 Å². The van der Waals surface area contributed by atoms with Gasteiger partial charge in [-0.3, -0.25) is 0 Å². The first-order valence-electron chi connectivity index (χ1n) is 13.2. The molecule has 176 valence electrons. The molecule has 2 saturated heterocycles. The van der Waals surface area contributed by atoms with Gasteiger partial charge in [-0.2, -0.15) is 0 Å². The van der Waals surface area contributed by atoms with Crippen LogP contribution in [0.15, 0.2) is 60.7 Å². The largest absolute Gasteiger partial charge is 0.448 e. The number of rotatable bonds is 4. The Morgan fingerprint density at radius 3 is 1.77 bits per heavy atom. The topological polar surface area (TPSA) is 32.8 Å². The third-order valence-corrected chi connectivity index (χ3v) is 9.53. The van der Waals surface area contributed by atoms with Crippen LogP contribution in [0.5, 0.6) is 0 Å². The van der Waals surface area contributed by atoms with E-state index in [-0.39, 0.29) is 17.3 Å². The number of hydrogen-bond donors (Lipinski definition) is 0. The van der Waals surface area contributed by atoms with E-state index in [4.69, 9.17) is 4.74 Å². The highest BCUT2D eigenvalue weighted by molar-refractivity contribution is 6.01. The first kappa shape index (κ1) is 20.0. The van der Waals surface area contributed by atoms with Gasteiger partial charge in [0.1, 0.15) is 0 Å². The van der Waals surface area contributed by atoms with E-state index in [0.717, 1.165) is 37.3 Å². The van der Waals surface area contributed by atoms with Gasteiger partial charge in [-0.25, -0.2) is 4.79 Å². The van der Waals surface area contributed by atoms with Crippen molar-refractivity contribution in [3.05, 3.63) is 94.0 Å². The monoisotopic (exact) mass is 462 g/mol. The molecule has 2 aliphatic carbocycles. The number of carbonyl (C=O) groups is 1. The molecule has 3 aliphatic heterocycles. The van der Waals surface area contributed by atoms with Gasteiger partial charge in [0.15, 0.2) is 5.60 Å². The second-order valence-corrected chi connectivity index (χ2v) is 11.1. The zero-order valence-corrected chi connectivity index (χ0v) is 20.2. The standard InChI is InChI=1S/C31H30N2O2/c1-20-6-15-25-27-26(20)28-30(31(27,28)35-29(25)34,21-7-11-23(12-8-21)32-16-2-3-17-32)22-9-13-24(14-10-22)33-18-4-5-19-33/h6-15,28H,2-5,16-19H2,1H3. The van der Waals surface area contributed by atoms with Gasteiger partial charge in [-0.1, -0.05) is 30.3 Å². The van der Waals surface area contributed by atoms with Crippen LogP contribution in [-0.4, -0.2) is 32.1 Å². The number of fused-ring (bicyclic) bond motifs is 1. The molecule has 0 N–H and O–H groups in total. The summed E-state index contributed by atoms with van der Waals surface area (Å²) in [4.78, 5) is 18.0. The van der Waals surface area contributed by atoms with E-state index in [1.807, 2.05) is 6.07 Å². The normalized spacial score (nSPS) is 26.9. The van der Waals surface area contributed by atoms with Crippen molar-refractivity contribution < 1.29 is 9.53 Å². The average Bonchev–Trinajstić information content (AvgIpc) is 3.49. The second kappa shape index (κ2) is 6.69. The Bertz CT molecular complexity index is 1300. The van der Waals surface area contributed by atoms with Crippen molar-refractivity contribution in [2.75, 3.05) is 36.0 Å². The molecule has 2 atom stereocenters. The SMILES string of the molecule is Cc1ccc2c3c1C1C3(OC2=O)C1(c1ccc(N2CCCC2)cc1)c1ccc(N2CCCC2)cc1. The number of benzene rings is 3. The minimum absolute atomic E-state index is 0.159. The van der Waals surface area contributed by atoms with Crippen LogP contribution in [0.4, 0.5) is 11.4 Å². The zero-order chi connectivity index (χ0) is 23.4. The minimum atomic E-state index is -0.551. The fourth-order valence-corrected chi connectivity index (χ4v) is 7.94. The average molecular weight is 463 g/mol. The first-order valence-corrected chi connectivity index (χ1v) is 13.2. The van der Waals surface area contributed by atoms with E-state index < -0.39 is 5.60 Å². The van der Waals surface area contributed by atoms with Crippen LogP contribution >= 0.6 is 0 Å². The van der Waals surface area contributed by atoms with E-state index in [1.165, 1.54) is 59.3 Å². The summed E-state index contributed by atoms with van der Waals surface area (Å²) in [6.07, 6.45) is 5.09. The summed E-state index contributed by atoms with van der Waals surface area (Å²) in [6, 6.07) is 22.4. The fourth-order valence-electron chi connectivity index (χ4n) is 7.94. The van der Waals surface area contributed by atoms with Crippen LogP contribution in [0.2, 0.25) is 0 Å². The highest BCUT2D eigenvalue weighted by Gasteiger charge is 2.91. The Morgan fingerprint density at radius 1 is 0.743 bits per heavy atom. The van der Waals surface area contributed by atoms with E-state index in [0.29, 0.717) is 0 Å². The fraction of sp³-hybridized carbons (Fsp3) is 0.387. The van der Waals surface area contributed by atoms with E-state index in [1.54, 1.807) is 0 Å². The highest BCUT2D eigenvalue weighted by atomic mass is 16.6. The molecule has 2 unspecified atom stereocenters. The van der Waals surface area contributed by atoms with Crippen LogP contribution in [0.1, 0.15) is 69.8 Å². The summed E-state index contributed by atoms with van der Waals surface area (Å²) >= 11 is 0. The molecule has 3 fully saturated rings. The molecule has 0 amide bonds. The van der Waals surface area contributed by atoms with Gasteiger partial charge in [0.25, 0.3) is 0 Å². The van der Waals surface area contributed by atoms with Crippen LogP contribution in [0, 0.1) is 6.92 Å². The Hall–Kier alpha value is -3.27. The van der Waals surface area contributed by atoms with Crippen molar-refractivity contribution in [3.8, 4) is 0 Å². The van der Waals surface area contributed by atoms with Crippen LogP contribution in [-0.2, 0) is 15.8 Å². The van der Waals surface area contributed by atoms with E-state index in [2.05, 4.69) is 71.3 Å². The maximum absolute atomic E-state index is 13.0. The van der Waals surface area contributed by atoms with Crippen LogP contribution < -0.4 is 9.80 Å². The molecule has 3 aromatic rings. The van der Waals surface area contributed by atoms with Gasteiger partial charge in [-0.15, -0.1) is 0 Å². The summed E-state index contributed by atoms with van der Waals surface area (Å²) in [5, 5.41) is 0. The van der Waals surface area contributed by atoms with Crippen molar-refractivity contribution in [1.29, 1.82) is 0 Å². The number of esters is 1.